The van der Waals surface area contributed by atoms with Crippen molar-refractivity contribution in [3.05, 3.63) is 41.5 Å². The van der Waals surface area contributed by atoms with E-state index in [1.54, 1.807) is 37.3 Å². The molecule has 0 aliphatic carbocycles. The number of hydrogen-bond acceptors (Lipinski definition) is 5. The lowest BCUT2D eigenvalue weighted by atomic mass is 10.1. The molecule has 5 nitrogen and oxygen atoms in total. The van der Waals surface area contributed by atoms with Crippen molar-refractivity contribution in [2.24, 2.45) is 0 Å². The summed E-state index contributed by atoms with van der Waals surface area (Å²) in [6.07, 6.45) is 1.69. The lowest BCUT2D eigenvalue weighted by Crippen LogP contribution is -2.24. The Morgan fingerprint density at radius 3 is 2.78 bits per heavy atom. The number of benzene rings is 1. The Kier molecular flexibility index (Phi) is 3.74. The summed E-state index contributed by atoms with van der Waals surface area (Å²) < 4.78 is 4.85. The van der Waals surface area contributed by atoms with E-state index in [0.717, 1.165) is 11.8 Å². The maximum Gasteiger partial charge on any atom is 0.342 e. The van der Waals surface area contributed by atoms with Gasteiger partial charge in [-0.1, -0.05) is 24.3 Å². The SMILES string of the molecule is CCOC(=O)C1C=C(c2ccc(C=O)cc2)NO1. The van der Waals surface area contributed by atoms with Gasteiger partial charge in [0.15, 0.2) is 0 Å². The van der Waals surface area contributed by atoms with Gasteiger partial charge in [-0.25, -0.2) is 4.79 Å². The molecule has 0 radical (unpaired) electrons. The minimum Gasteiger partial charge on any atom is -0.464 e. The zero-order chi connectivity index (χ0) is 13.0. The molecule has 0 spiro atoms. The van der Waals surface area contributed by atoms with Gasteiger partial charge >= 0.3 is 5.97 Å². The molecule has 1 aromatic carbocycles. The van der Waals surface area contributed by atoms with Crippen molar-refractivity contribution < 1.29 is 19.2 Å². The van der Waals surface area contributed by atoms with Crippen molar-refractivity contribution in [3.63, 3.8) is 0 Å². The smallest absolute Gasteiger partial charge is 0.342 e. The fourth-order valence-corrected chi connectivity index (χ4v) is 1.58. The second-order valence-electron chi connectivity index (χ2n) is 3.71. The van der Waals surface area contributed by atoms with Crippen LogP contribution in [0.3, 0.4) is 0 Å². The van der Waals surface area contributed by atoms with E-state index in [0.29, 0.717) is 17.9 Å². The van der Waals surface area contributed by atoms with Crippen LogP contribution < -0.4 is 5.48 Å². The molecule has 1 atom stereocenters. The van der Waals surface area contributed by atoms with Crippen LogP contribution in [-0.4, -0.2) is 25.0 Å². The normalized spacial score (nSPS) is 17.8. The Balaban J connectivity index is 2.11. The van der Waals surface area contributed by atoms with Crippen LogP contribution in [0, 0.1) is 0 Å². The number of rotatable bonds is 4. The average molecular weight is 247 g/mol. The van der Waals surface area contributed by atoms with E-state index in [2.05, 4.69) is 5.48 Å². The van der Waals surface area contributed by atoms with Crippen LogP contribution in [0.4, 0.5) is 0 Å². The van der Waals surface area contributed by atoms with Crippen molar-refractivity contribution >= 4 is 18.0 Å². The van der Waals surface area contributed by atoms with Gasteiger partial charge < -0.3 is 4.74 Å². The lowest BCUT2D eigenvalue weighted by Gasteiger charge is -2.06. The summed E-state index contributed by atoms with van der Waals surface area (Å²) in [5.41, 5.74) is 4.79. The summed E-state index contributed by atoms with van der Waals surface area (Å²) in [4.78, 5) is 27.1. The van der Waals surface area contributed by atoms with Gasteiger partial charge in [-0.05, 0) is 18.6 Å². The summed E-state index contributed by atoms with van der Waals surface area (Å²) in [5, 5.41) is 0. The zero-order valence-corrected chi connectivity index (χ0v) is 9.88. The molecule has 5 heteroatoms. The van der Waals surface area contributed by atoms with E-state index in [9.17, 15) is 9.59 Å². The number of nitrogens with one attached hydrogen (secondary N) is 1. The molecule has 1 aliphatic rings. The van der Waals surface area contributed by atoms with Gasteiger partial charge in [-0.3, -0.25) is 15.1 Å². The molecule has 1 unspecified atom stereocenters. The number of hydroxylamine groups is 1. The number of carbonyl (C=O) groups excluding carboxylic acids is 2. The summed E-state index contributed by atoms with van der Waals surface area (Å²) in [6, 6.07) is 6.95. The van der Waals surface area contributed by atoms with Crippen molar-refractivity contribution in [3.8, 4) is 0 Å². The molecule has 0 bridgehead atoms. The molecule has 1 aromatic rings. The quantitative estimate of drug-likeness (QED) is 0.642. The first-order valence-electron chi connectivity index (χ1n) is 5.60. The lowest BCUT2D eigenvalue weighted by molar-refractivity contribution is -0.154. The van der Waals surface area contributed by atoms with Crippen molar-refractivity contribution in [2.75, 3.05) is 6.61 Å². The number of hydrogen-bond donors (Lipinski definition) is 1. The van der Waals surface area contributed by atoms with Crippen LogP contribution in [0.5, 0.6) is 0 Å². The highest BCUT2D eigenvalue weighted by atomic mass is 16.7. The molecule has 0 saturated carbocycles. The van der Waals surface area contributed by atoms with E-state index in [-0.39, 0.29) is 0 Å². The summed E-state index contributed by atoms with van der Waals surface area (Å²) in [6.45, 7) is 2.05. The van der Waals surface area contributed by atoms with E-state index in [1.165, 1.54) is 0 Å². The molecular formula is C13H13NO4. The Morgan fingerprint density at radius 1 is 1.44 bits per heavy atom. The van der Waals surface area contributed by atoms with Crippen LogP contribution in [-0.2, 0) is 14.4 Å². The van der Waals surface area contributed by atoms with Gasteiger partial charge in [-0.15, -0.1) is 0 Å². The van der Waals surface area contributed by atoms with Gasteiger partial charge in [-0.2, -0.15) is 0 Å². The molecule has 0 saturated heterocycles. The van der Waals surface area contributed by atoms with E-state index in [1.807, 2.05) is 0 Å². The summed E-state index contributed by atoms with van der Waals surface area (Å²) >= 11 is 0. The molecule has 2 rings (SSSR count). The van der Waals surface area contributed by atoms with Crippen LogP contribution in [0.2, 0.25) is 0 Å². The minimum atomic E-state index is -0.731. The van der Waals surface area contributed by atoms with Crippen molar-refractivity contribution in [1.82, 2.24) is 5.48 Å². The molecule has 1 aliphatic heterocycles. The number of carbonyl (C=O) groups is 2. The second kappa shape index (κ2) is 5.46. The number of ether oxygens (including phenoxy) is 1. The van der Waals surface area contributed by atoms with Crippen LogP contribution in [0.1, 0.15) is 22.8 Å². The fraction of sp³-hybridized carbons (Fsp3) is 0.231. The summed E-state index contributed by atoms with van der Waals surface area (Å²) in [7, 11) is 0. The molecular weight excluding hydrogens is 234 g/mol. The molecule has 0 amide bonds. The molecule has 18 heavy (non-hydrogen) atoms. The van der Waals surface area contributed by atoms with Crippen LogP contribution >= 0.6 is 0 Å². The Hall–Kier alpha value is -2.14. The Bertz CT molecular complexity index is 478. The first kappa shape index (κ1) is 12.3. The Morgan fingerprint density at radius 2 is 2.17 bits per heavy atom. The van der Waals surface area contributed by atoms with Crippen molar-refractivity contribution in [2.45, 2.75) is 13.0 Å². The van der Waals surface area contributed by atoms with Gasteiger partial charge in [0.2, 0.25) is 6.10 Å². The van der Waals surface area contributed by atoms with Gasteiger partial charge in [0.05, 0.1) is 12.3 Å². The van der Waals surface area contributed by atoms with Crippen molar-refractivity contribution in [1.29, 1.82) is 0 Å². The number of esters is 1. The monoisotopic (exact) mass is 247 g/mol. The fourth-order valence-electron chi connectivity index (χ4n) is 1.58. The van der Waals surface area contributed by atoms with Gasteiger partial charge in [0, 0.05) is 5.56 Å². The highest BCUT2D eigenvalue weighted by Gasteiger charge is 2.25. The standard InChI is InChI=1S/C13H13NO4/c1-2-17-13(16)12-7-11(14-18-12)10-5-3-9(8-15)4-6-10/h3-8,12,14H,2H2,1H3. The second-order valence-corrected chi connectivity index (χ2v) is 3.71. The molecule has 0 aromatic heterocycles. The predicted molar refractivity (Wildman–Crippen MR) is 64.4 cm³/mol. The van der Waals surface area contributed by atoms with Gasteiger partial charge in [0.1, 0.15) is 6.29 Å². The zero-order valence-electron chi connectivity index (χ0n) is 9.88. The maximum absolute atomic E-state index is 11.4. The van der Waals surface area contributed by atoms with Crippen LogP contribution in [0.15, 0.2) is 30.3 Å². The van der Waals surface area contributed by atoms with E-state index in [4.69, 9.17) is 9.57 Å². The van der Waals surface area contributed by atoms with Crippen LogP contribution in [0.25, 0.3) is 5.70 Å². The first-order chi connectivity index (χ1) is 8.74. The highest BCUT2D eigenvalue weighted by molar-refractivity contribution is 5.82. The number of aldehydes is 1. The summed E-state index contributed by atoms with van der Waals surface area (Å²) in [5.74, 6) is -0.426. The molecule has 1 heterocycles. The molecule has 1 N–H and O–H groups in total. The first-order valence-corrected chi connectivity index (χ1v) is 5.60. The third-order valence-electron chi connectivity index (χ3n) is 2.49. The maximum atomic E-state index is 11.4. The third kappa shape index (κ3) is 2.57. The third-order valence-corrected chi connectivity index (χ3v) is 2.49. The van der Waals surface area contributed by atoms with Gasteiger partial charge in [0.25, 0.3) is 0 Å². The topological polar surface area (TPSA) is 64.6 Å². The minimum absolute atomic E-state index is 0.315. The highest BCUT2D eigenvalue weighted by Crippen LogP contribution is 2.19. The van der Waals surface area contributed by atoms with E-state index < -0.39 is 12.1 Å². The predicted octanol–water partition coefficient (Wildman–Crippen LogP) is 1.31. The molecule has 94 valence electrons. The van der Waals surface area contributed by atoms with E-state index >= 15 is 0 Å². The average Bonchev–Trinajstić information content (AvgIpc) is 2.89. The molecule has 0 fully saturated rings. The Labute approximate surface area is 104 Å². The largest absolute Gasteiger partial charge is 0.464 e.